The Morgan fingerprint density at radius 3 is 3.11 bits per heavy atom. The maximum Gasteiger partial charge on any atom is 0.227 e. The molecule has 3 N–H and O–H groups in total. The predicted molar refractivity (Wildman–Crippen MR) is 69.6 cm³/mol. The van der Waals surface area contributed by atoms with Crippen molar-refractivity contribution < 1.29 is 14.3 Å². The lowest BCUT2D eigenvalue weighted by molar-refractivity contribution is -0.118. The first-order valence-corrected chi connectivity index (χ1v) is 6.04. The molecule has 0 saturated carbocycles. The molecule has 1 heterocycles. The first-order chi connectivity index (χ1) is 8.69. The van der Waals surface area contributed by atoms with E-state index in [9.17, 15) is 4.79 Å². The van der Waals surface area contributed by atoms with Crippen molar-refractivity contribution in [1.82, 2.24) is 0 Å². The van der Waals surface area contributed by atoms with Crippen molar-refractivity contribution in [2.24, 2.45) is 0 Å². The zero-order valence-corrected chi connectivity index (χ0v) is 10.4. The monoisotopic (exact) mass is 250 g/mol. The number of hydrogen-bond donors (Lipinski definition) is 2. The average molecular weight is 250 g/mol. The standard InChI is InChI=1S/C13H18N2O3/c1-17-12-5-4-9(14)7-11(12)15-13(16)8-10-3-2-6-18-10/h4-5,7,10H,2-3,6,8,14H2,1H3,(H,15,16). The number of hydrogen-bond acceptors (Lipinski definition) is 4. The third kappa shape index (κ3) is 3.13. The van der Waals surface area contributed by atoms with E-state index in [-0.39, 0.29) is 12.0 Å². The van der Waals surface area contributed by atoms with Crippen LogP contribution in [0.15, 0.2) is 18.2 Å². The van der Waals surface area contributed by atoms with Crippen molar-refractivity contribution in [3.05, 3.63) is 18.2 Å². The van der Waals surface area contributed by atoms with E-state index in [0.29, 0.717) is 23.5 Å². The fourth-order valence-electron chi connectivity index (χ4n) is 2.04. The topological polar surface area (TPSA) is 73.6 Å². The highest BCUT2D eigenvalue weighted by Gasteiger charge is 2.19. The van der Waals surface area contributed by atoms with Gasteiger partial charge in [-0.2, -0.15) is 0 Å². The molecular weight excluding hydrogens is 232 g/mol. The lowest BCUT2D eigenvalue weighted by atomic mass is 10.1. The highest BCUT2D eigenvalue weighted by atomic mass is 16.5. The molecule has 1 atom stereocenters. The van der Waals surface area contributed by atoms with Gasteiger partial charge in [-0.05, 0) is 31.0 Å². The Morgan fingerprint density at radius 2 is 2.44 bits per heavy atom. The van der Waals surface area contributed by atoms with Crippen molar-refractivity contribution in [2.45, 2.75) is 25.4 Å². The molecule has 2 rings (SSSR count). The number of carbonyl (C=O) groups is 1. The second-order valence-electron chi connectivity index (χ2n) is 4.35. The molecule has 0 spiro atoms. The van der Waals surface area contributed by atoms with E-state index in [1.165, 1.54) is 0 Å². The summed E-state index contributed by atoms with van der Waals surface area (Å²) in [6.07, 6.45) is 2.39. The minimum absolute atomic E-state index is 0.0389. The van der Waals surface area contributed by atoms with E-state index in [2.05, 4.69) is 5.32 Å². The van der Waals surface area contributed by atoms with E-state index >= 15 is 0 Å². The number of nitrogens with two attached hydrogens (primary N) is 1. The van der Waals surface area contributed by atoms with Crippen molar-refractivity contribution in [3.63, 3.8) is 0 Å². The van der Waals surface area contributed by atoms with Crippen molar-refractivity contribution >= 4 is 17.3 Å². The van der Waals surface area contributed by atoms with Gasteiger partial charge in [0.05, 0.1) is 25.3 Å². The van der Waals surface area contributed by atoms with Crippen LogP contribution in [0.25, 0.3) is 0 Å². The van der Waals surface area contributed by atoms with Crippen LogP contribution in [0.2, 0.25) is 0 Å². The molecule has 5 heteroatoms. The van der Waals surface area contributed by atoms with E-state index in [4.69, 9.17) is 15.2 Å². The summed E-state index contributed by atoms with van der Waals surface area (Å²) in [5.74, 6) is 0.524. The maximum absolute atomic E-state index is 11.9. The lowest BCUT2D eigenvalue weighted by Crippen LogP contribution is -2.19. The molecule has 18 heavy (non-hydrogen) atoms. The third-order valence-corrected chi connectivity index (χ3v) is 2.93. The van der Waals surface area contributed by atoms with Crippen molar-refractivity contribution in [2.75, 3.05) is 24.8 Å². The van der Waals surface area contributed by atoms with Crippen molar-refractivity contribution in [1.29, 1.82) is 0 Å². The summed E-state index contributed by atoms with van der Waals surface area (Å²) in [5, 5.41) is 2.81. The Kier molecular flexibility index (Phi) is 4.04. The first kappa shape index (κ1) is 12.7. The molecular formula is C13H18N2O3. The molecule has 1 aromatic rings. The van der Waals surface area contributed by atoms with Gasteiger partial charge in [0, 0.05) is 12.3 Å². The number of ether oxygens (including phenoxy) is 2. The van der Waals surface area contributed by atoms with Gasteiger partial charge in [0.1, 0.15) is 5.75 Å². The zero-order valence-electron chi connectivity index (χ0n) is 10.4. The van der Waals surface area contributed by atoms with Gasteiger partial charge in [0.25, 0.3) is 0 Å². The molecule has 98 valence electrons. The van der Waals surface area contributed by atoms with Gasteiger partial charge in [-0.1, -0.05) is 0 Å². The van der Waals surface area contributed by atoms with Crippen LogP contribution in [0.1, 0.15) is 19.3 Å². The van der Waals surface area contributed by atoms with Crippen LogP contribution in [-0.4, -0.2) is 25.7 Å². The molecule has 5 nitrogen and oxygen atoms in total. The Balaban J connectivity index is 1.99. The van der Waals surface area contributed by atoms with Gasteiger partial charge < -0.3 is 20.5 Å². The van der Waals surface area contributed by atoms with Gasteiger partial charge in [0.15, 0.2) is 0 Å². The molecule has 1 saturated heterocycles. The molecule has 1 aliphatic rings. The minimum atomic E-state index is -0.0780. The highest BCUT2D eigenvalue weighted by molar-refractivity contribution is 5.93. The smallest absolute Gasteiger partial charge is 0.227 e. The number of amides is 1. The van der Waals surface area contributed by atoms with Crippen LogP contribution in [0.5, 0.6) is 5.75 Å². The Bertz CT molecular complexity index is 428. The van der Waals surface area contributed by atoms with Crippen LogP contribution >= 0.6 is 0 Å². The number of nitrogens with one attached hydrogen (secondary N) is 1. The Hall–Kier alpha value is -1.75. The molecule has 0 radical (unpaired) electrons. The lowest BCUT2D eigenvalue weighted by Gasteiger charge is -2.13. The SMILES string of the molecule is COc1ccc(N)cc1NC(=O)CC1CCCO1. The number of nitrogen functional groups attached to an aromatic ring is 1. The van der Waals surface area contributed by atoms with Gasteiger partial charge in [-0.15, -0.1) is 0 Å². The summed E-state index contributed by atoms with van der Waals surface area (Å²) in [6, 6.07) is 5.15. The second-order valence-corrected chi connectivity index (χ2v) is 4.35. The minimum Gasteiger partial charge on any atom is -0.495 e. The van der Waals surface area contributed by atoms with Crippen molar-refractivity contribution in [3.8, 4) is 5.75 Å². The van der Waals surface area contributed by atoms with E-state index in [0.717, 1.165) is 19.4 Å². The summed E-state index contributed by atoms with van der Waals surface area (Å²) in [7, 11) is 1.56. The van der Waals surface area contributed by atoms with Crippen LogP contribution < -0.4 is 15.8 Å². The number of benzene rings is 1. The zero-order chi connectivity index (χ0) is 13.0. The summed E-state index contributed by atoms with van der Waals surface area (Å²) < 4.78 is 10.6. The van der Waals surface area contributed by atoms with Gasteiger partial charge in [-0.3, -0.25) is 4.79 Å². The molecule has 1 unspecified atom stereocenters. The average Bonchev–Trinajstić information content (AvgIpc) is 2.82. The van der Waals surface area contributed by atoms with Gasteiger partial charge in [0.2, 0.25) is 5.91 Å². The van der Waals surface area contributed by atoms with E-state index < -0.39 is 0 Å². The number of carbonyl (C=O) groups excluding carboxylic acids is 1. The van der Waals surface area contributed by atoms with Crippen LogP contribution in [0, 0.1) is 0 Å². The summed E-state index contributed by atoms with van der Waals surface area (Å²) in [5.41, 5.74) is 6.87. The van der Waals surface area contributed by atoms with E-state index in [1.54, 1.807) is 25.3 Å². The number of methoxy groups -OCH3 is 1. The van der Waals surface area contributed by atoms with Crippen LogP contribution in [0.3, 0.4) is 0 Å². The summed E-state index contributed by atoms with van der Waals surface area (Å²) in [6.45, 7) is 0.750. The largest absolute Gasteiger partial charge is 0.495 e. The van der Waals surface area contributed by atoms with Gasteiger partial charge in [-0.25, -0.2) is 0 Å². The van der Waals surface area contributed by atoms with E-state index in [1.807, 2.05) is 0 Å². The molecule has 1 amide bonds. The molecule has 1 aliphatic heterocycles. The fourth-order valence-corrected chi connectivity index (χ4v) is 2.04. The Labute approximate surface area is 106 Å². The molecule has 0 aliphatic carbocycles. The normalized spacial score (nSPS) is 18.6. The quantitative estimate of drug-likeness (QED) is 0.799. The first-order valence-electron chi connectivity index (χ1n) is 6.04. The third-order valence-electron chi connectivity index (χ3n) is 2.93. The predicted octanol–water partition coefficient (Wildman–Crippen LogP) is 1.78. The fraction of sp³-hybridized carbons (Fsp3) is 0.462. The molecule has 1 aromatic carbocycles. The molecule has 1 fully saturated rings. The van der Waals surface area contributed by atoms with Crippen LogP contribution in [0.4, 0.5) is 11.4 Å². The summed E-state index contributed by atoms with van der Waals surface area (Å²) in [4.78, 5) is 11.9. The molecule has 0 aromatic heterocycles. The molecule has 0 bridgehead atoms. The number of rotatable bonds is 4. The van der Waals surface area contributed by atoms with Gasteiger partial charge >= 0.3 is 0 Å². The summed E-state index contributed by atoms with van der Waals surface area (Å²) >= 11 is 0. The van der Waals surface area contributed by atoms with Crippen LogP contribution in [-0.2, 0) is 9.53 Å². The second kappa shape index (κ2) is 5.73. The maximum atomic E-state index is 11.9. The highest BCUT2D eigenvalue weighted by Crippen LogP contribution is 2.27. The Morgan fingerprint density at radius 1 is 1.61 bits per heavy atom. The number of anilines is 2.